The third-order valence-electron chi connectivity index (χ3n) is 7.01. The Morgan fingerprint density at radius 3 is 1.84 bits per heavy atom. The number of carbonyl (C=O) groups is 3. The summed E-state index contributed by atoms with van der Waals surface area (Å²) in [4.78, 5) is 36.3. The molecule has 0 aliphatic rings. The second kappa shape index (κ2) is 20.0. The van der Waals surface area contributed by atoms with Crippen LogP contribution >= 0.6 is 0 Å². The van der Waals surface area contributed by atoms with Gasteiger partial charge in [0, 0.05) is 19.0 Å². The molecule has 8 heteroatoms. The third-order valence-corrected chi connectivity index (χ3v) is 7.01. The molecule has 0 aliphatic heterocycles. The highest BCUT2D eigenvalue weighted by molar-refractivity contribution is 5.93. The Hall–Kier alpha value is -4.17. The molecule has 3 aromatic carbocycles. The Kier molecular flexibility index (Phi) is 16.4. The van der Waals surface area contributed by atoms with Crippen molar-refractivity contribution in [2.24, 2.45) is 0 Å². The number of likely N-dealkylation sites (N-methyl/N-ethyl adjacent to an activating group) is 1. The predicted octanol–water partition coefficient (Wildman–Crippen LogP) is 7.47. The van der Waals surface area contributed by atoms with E-state index in [4.69, 9.17) is 14.2 Å². The minimum atomic E-state index is -0.474. The summed E-state index contributed by atoms with van der Waals surface area (Å²) in [5.41, 5.74) is 2.15. The quantitative estimate of drug-likeness (QED) is 0.0730. The summed E-state index contributed by atoms with van der Waals surface area (Å²) in [6.45, 7) is 6.51. The van der Waals surface area contributed by atoms with Crippen molar-refractivity contribution in [2.75, 3.05) is 39.7 Å². The highest BCUT2D eigenvalue weighted by Crippen LogP contribution is 2.20. The molecule has 0 saturated heterocycles. The molecule has 0 spiro atoms. The lowest BCUT2D eigenvalue weighted by Crippen LogP contribution is -2.51. The molecule has 8 nitrogen and oxygen atoms in total. The van der Waals surface area contributed by atoms with Gasteiger partial charge in [0.1, 0.15) is 11.5 Å². The number of hydrogen-bond donors (Lipinski definition) is 1. The van der Waals surface area contributed by atoms with Gasteiger partial charge in [-0.1, -0.05) is 69.9 Å². The van der Waals surface area contributed by atoms with E-state index in [1.807, 2.05) is 53.2 Å². The highest BCUT2D eigenvalue weighted by atomic mass is 16.5. The molecule has 1 unspecified atom stereocenters. The number of amides is 1. The summed E-state index contributed by atoms with van der Waals surface area (Å²) in [6.07, 6.45) is 6.78. The van der Waals surface area contributed by atoms with Crippen molar-refractivity contribution >= 4 is 23.5 Å². The maximum absolute atomic E-state index is 12.8. The molecule has 1 atom stereocenters. The van der Waals surface area contributed by atoms with Crippen LogP contribution in [0.25, 0.3) is 0 Å². The fraction of sp³-hybridized carbons (Fsp3) is 0.432. The normalized spacial score (nSPS) is 11.4. The summed E-state index contributed by atoms with van der Waals surface area (Å²) in [6, 6.07) is 23.4. The molecule has 0 radical (unpaired) electrons. The Morgan fingerprint density at radius 2 is 1.27 bits per heavy atom. The summed E-state index contributed by atoms with van der Waals surface area (Å²) in [5.74, 6) is 0.374. The monoisotopic (exact) mass is 619 g/mol. The van der Waals surface area contributed by atoms with Crippen LogP contribution in [0.5, 0.6) is 11.5 Å². The Labute approximate surface area is 269 Å². The zero-order chi connectivity index (χ0) is 33.1. The predicted molar refractivity (Wildman–Crippen MR) is 180 cm³/mol. The van der Waals surface area contributed by atoms with E-state index in [0.717, 1.165) is 49.8 Å². The molecule has 45 heavy (non-hydrogen) atoms. The lowest BCUT2D eigenvalue weighted by Gasteiger charge is -2.32. The van der Waals surface area contributed by atoms with Crippen LogP contribution in [0.3, 0.4) is 0 Å². The molecule has 1 amide bonds. The van der Waals surface area contributed by atoms with Crippen molar-refractivity contribution in [3.05, 3.63) is 90.0 Å². The Morgan fingerprint density at radius 1 is 0.711 bits per heavy atom. The average Bonchev–Trinajstić information content (AvgIpc) is 3.02. The lowest BCUT2D eigenvalue weighted by molar-refractivity contribution is -0.887. The van der Waals surface area contributed by atoms with Crippen molar-refractivity contribution in [2.45, 2.75) is 71.8 Å². The number of hydrogen-bond acceptors (Lipinski definition) is 6. The molecular weight excluding hydrogens is 568 g/mol. The zero-order valence-electron chi connectivity index (χ0n) is 27.8. The smallest absolute Gasteiger partial charge is 0.365 e. The van der Waals surface area contributed by atoms with E-state index in [1.165, 1.54) is 6.92 Å². The van der Waals surface area contributed by atoms with Crippen LogP contribution in [-0.4, -0.2) is 62.7 Å². The molecule has 0 bridgehead atoms. The summed E-state index contributed by atoms with van der Waals surface area (Å²) in [5, 5.41) is 2.66. The van der Waals surface area contributed by atoms with Gasteiger partial charge in [0.25, 0.3) is 0 Å². The maximum Gasteiger partial charge on any atom is 0.365 e. The first kappa shape index (κ1) is 37.0. The molecule has 0 heterocycles. The first-order chi connectivity index (χ1) is 21.6. The van der Waals surface area contributed by atoms with E-state index in [-0.39, 0.29) is 17.9 Å². The van der Waals surface area contributed by atoms with Gasteiger partial charge in [-0.25, -0.2) is 9.59 Å². The van der Waals surface area contributed by atoms with Crippen molar-refractivity contribution < 1.29 is 33.1 Å². The van der Waals surface area contributed by atoms with Gasteiger partial charge in [0.2, 0.25) is 5.91 Å². The van der Waals surface area contributed by atoms with Gasteiger partial charge in [0.15, 0.2) is 6.04 Å². The molecule has 3 aromatic rings. The van der Waals surface area contributed by atoms with E-state index in [1.54, 1.807) is 48.5 Å². The minimum Gasteiger partial charge on any atom is -0.494 e. The number of rotatable bonds is 17. The SMILES string of the molecule is CC.CC(=O)Nc1ccc(C(=O)Oc2ccc(OCCCCCCCCOC(=O)C(Cc3ccccc3)[N+](C)(C)C)cc2)cc1. The molecular formula is C37H51N2O6+. The number of nitrogens with zero attached hydrogens (tertiary/aromatic N) is 1. The van der Waals surface area contributed by atoms with Crippen molar-refractivity contribution in [3.63, 3.8) is 0 Å². The highest BCUT2D eigenvalue weighted by Gasteiger charge is 2.33. The summed E-state index contributed by atoms with van der Waals surface area (Å²) in [7, 11) is 6.10. The maximum atomic E-state index is 12.8. The summed E-state index contributed by atoms with van der Waals surface area (Å²) >= 11 is 0. The molecule has 1 N–H and O–H groups in total. The second-order valence-electron chi connectivity index (χ2n) is 11.6. The van der Waals surface area contributed by atoms with Crippen LogP contribution < -0.4 is 14.8 Å². The van der Waals surface area contributed by atoms with E-state index in [9.17, 15) is 14.4 Å². The van der Waals surface area contributed by atoms with Gasteiger partial charge >= 0.3 is 11.9 Å². The Balaban J connectivity index is 0.00000345. The van der Waals surface area contributed by atoms with Crippen LogP contribution in [-0.2, 0) is 20.7 Å². The number of nitrogens with one attached hydrogen (secondary N) is 1. The fourth-order valence-corrected chi connectivity index (χ4v) is 4.54. The second-order valence-corrected chi connectivity index (χ2v) is 11.6. The lowest BCUT2D eigenvalue weighted by atomic mass is 10.0. The van der Waals surface area contributed by atoms with Gasteiger partial charge in [-0.15, -0.1) is 0 Å². The third kappa shape index (κ3) is 14.4. The summed E-state index contributed by atoms with van der Waals surface area (Å²) < 4.78 is 17.4. The van der Waals surface area contributed by atoms with Crippen molar-refractivity contribution in [1.29, 1.82) is 0 Å². The molecule has 0 fully saturated rings. The van der Waals surface area contributed by atoms with Gasteiger partial charge in [-0.05, 0) is 66.9 Å². The molecule has 3 rings (SSSR count). The Bertz CT molecular complexity index is 1290. The van der Waals surface area contributed by atoms with Gasteiger partial charge in [0.05, 0.1) is 39.9 Å². The number of ether oxygens (including phenoxy) is 3. The average molecular weight is 620 g/mol. The van der Waals surface area contributed by atoms with Crippen LogP contribution in [0, 0.1) is 0 Å². The fourth-order valence-electron chi connectivity index (χ4n) is 4.54. The van der Waals surface area contributed by atoms with E-state index >= 15 is 0 Å². The van der Waals surface area contributed by atoms with E-state index < -0.39 is 5.97 Å². The van der Waals surface area contributed by atoms with Crippen molar-refractivity contribution in [1.82, 2.24) is 0 Å². The first-order valence-corrected chi connectivity index (χ1v) is 16.0. The van der Waals surface area contributed by atoms with Crippen LogP contribution in [0.15, 0.2) is 78.9 Å². The molecule has 244 valence electrons. The van der Waals surface area contributed by atoms with Gasteiger partial charge in [-0.3, -0.25) is 4.79 Å². The number of unbranched alkanes of at least 4 members (excludes halogenated alkanes) is 5. The number of esters is 2. The number of anilines is 1. The minimum absolute atomic E-state index is 0.130. The first-order valence-electron chi connectivity index (χ1n) is 16.0. The van der Waals surface area contributed by atoms with Gasteiger partial charge < -0.3 is 24.0 Å². The largest absolute Gasteiger partial charge is 0.494 e. The zero-order valence-corrected chi connectivity index (χ0v) is 27.8. The van der Waals surface area contributed by atoms with Crippen LogP contribution in [0.1, 0.15) is 75.2 Å². The number of benzene rings is 3. The van der Waals surface area contributed by atoms with E-state index in [2.05, 4.69) is 17.4 Å². The standard InChI is InChI=1S/C35H44N2O6.C2H6/c1-27(38)36-30-18-16-29(17-19-30)34(39)43-32-22-20-31(21-23-32)41-24-12-7-5-6-8-13-25-42-35(40)33(37(2,3)4)26-28-14-10-9-11-15-28;1-2/h9-11,14-23,33H,5-8,12-13,24-26H2,1-4H3;1-2H3/p+1. The molecule has 0 aliphatic carbocycles. The number of carbonyl (C=O) groups excluding carboxylic acids is 3. The van der Waals surface area contributed by atoms with Crippen LogP contribution in [0.2, 0.25) is 0 Å². The molecule has 0 aromatic heterocycles. The topological polar surface area (TPSA) is 90.9 Å². The number of quaternary nitrogens is 1. The van der Waals surface area contributed by atoms with E-state index in [0.29, 0.717) is 41.1 Å². The molecule has 0 saturated carbocycles. The van der Waals surface area contributed by atoms with Crippen molar-refractivity contribution in [3.8, 4) is 11.5 Å². The van der Waals surface area contributed by atoms with Gasteiger partial charge in [-0.2, -0.15) is 0 Å². The van der Waals surface area contributed by atoms with Crippen LogP contribution in [0.4, 0.5) is 5.69 Å².